The van der Waals surface area contributed by atoms with Crippen LogP contribution in [0.3, 0.4) is 0 Å². The molecule has 1 heterocycles. The Morgan fingerprint density at radius 1 is 1.37 bits per heavy atom. The molecule has 3 N–H and O–H groups in total. The summed E-state index contributed by atoms with van der Waals surface area (Å²) in [5, 5.41) is 12.8. The topological polar surface area (TPSA) is 102 Å². The molecule has 0 unspecified atom stereocenters. The number of nitrogens with one attached hydrogen (secondary N) is 2. The highest BCUT2D eigenvalue weighted by Crippen LogP contribution is 2.23. The Bertz CT molecular complexity index is 553. The zero-order valence-electron chi connectivity index (χ0n) is 10.2. The van der Waals surface area contributed by atoms with Crippen LogP contribution in [0.15, 0.2) is 48.0 Å². The Morgan fingerprint density at radius 2 is 2.11 bits per heavy atom. The van der Waals surface area contributed by atoms with E-state index in [0.29, 0.717) is 5.69 Å². The molecule has 0 radical (unpaired) electrons. The highest BCUT2D eigenvalue weighted by molar-refractivity contribution is 5.79. The zero-order valence-corrected chi connectivity index (χ0v) is 10.2. The number of aliphatic carboxylic acids is 1. The van der Waals surface area contributed by atoms with Gasteiger partial charge in [0.05, 0.1) is 12.0 Å². The van der Waals surface area contributed by atoms with E-state index in [4.69, 9.17) is 5.53 Å². The van der Waals surface area contributed by atoms with Gasteiger partial charge in [-0.25, -0.2) is 15.3 Å². The van der Waals surface area contributed by atoms with Crippen LogP contribution in [0.4, 0.5) is 0 Å². The maximum absolute atomic E-state index is 11.5. The third kappa shape index (κ3) is 2.85. The molecule has 0 saturated carbocycles. The molecular weight excluding hydrogens is 244 g/mol. The molecule has 6 heteroatoms. The first kappa shape index (κ1) is 12.9. The van der Waals surface area contributed by atoms with Crippen LogP contribution in [0, 0.1) is 5.53 Å². The summed E-state index contributed by atoms with van der Waals surface area (Å²) < 4.78 is 0. The van der Waals surface area contributed by atoms with Gasteiger partial charge in [-0.05, 0) is 5.56 Å². The summed E-state index contributed by atoms with van der Waals surface area (Å²) >= 11 is 0. The number of hydrogen-bond acceptors (Lipinski definition) is 4. The Kier molecular flexibility index (Phi) is 3.70. The standard InChI is InChI=1S/C13H14N4O2/c14-17-13(12(18)19,7-11-8-15-9-16-11)6-10-4-2-1-3-5-10/h1-5,8-9,14H,6-7H2,(H,15,16)(H,18,19)/t13-/m0/s1. The van der Waals surface area contributed by atoms with Crippen LogP contribution in [0.5, 0.6) is 0 Å². The van der Waals surface area contributed by atoms with E-state index >= 15 is 0 Å². The molecule has 0 fully saturated rings. The quantitative estimate of drug-likeness (QED) is 0.691. The molecule has 98 valence electrons. The number of hydrogen-bond donors (Lipinski definition) is 3. The van der Waals surface area contributed by atoms with E-state index in [1.165, 1.54) is 6.33 Å². The molecule has 0 amide bonds. The fourth-order valence-electron chi connectivity index (χ4n) is 1.96. The minimum atomic E-state index is -1.50. The van der Waals surface area contributed by atoms with E-state index in [2.05, 4.69) is 15.1 Å². The van der Waals surface area contributed by atoms with E-state index in [1.807, 2.05) is 30.3 Å². The first-order valence-corrected chi connectivity index (χ1v) is 5.80. The largest absolute Gasteiger partial charge is 0.479 e. The van der Waals surface area contributed by atoms with Crippen molar-refractivity contribution in [2.75, 3.05) is 0 Å². The van der Waals surface area contributed by atoms with E-state index in [0.717, 1.165) is 5.56 Å². The summed E-state index contributed by atoms with van der Waals surface area (Å²) in [4.78, 5) is 18.3. The predicted molar refractivity (Wildman–Crippen MR) is 68.0 cm³/mol. The number of carboxylic acid groups (broad SMARTS) is 1. The molecule has 2 rings (SSSR count). The van der Waals surface area contributed by atoms with Crippen LogP contribution in [0.25, 0.3) is 0 Å². The molecule has 19 heavy (non-hydrogen) atoms. The average Bonchev–Trinajstić information content (AvgIpc) is 2.91. The molecule has 1 atom stereocenters. The summed E-state index contributed by atoms with van der Waals surface area (Å²) in [6.45, 7) is 0. The number of aromatic nitrogens is 2. The van der Waals surface area contributed by atoms with Crippen LogP contribution < -0.4 is 0 Å². The van der Waals surface area contributed by atoms with Crippen molar-refractivity contribution in [3.8, 4) is 0 Å². The summed E-state index contributed by atoms with van der Waals surface area (Å²) in [7, 11) is 0. The third-order valence-electron chi connectivity index (χ3n) is 2.98. The SMILES string of the molecule is N=N[C@@](Cc1ccccc1)(Cc1c[nH]cn1)C(=O)O. The van der Waals surface area contributed by atoms with Crippen molar-refractivity contribution in [3.63, 3.8) is 0 Å². The zero-order chi connectivity index (χ0) is 13.7. The minimum Gasteiger partial charge on any atom is -0.479 e. The molecule has 1 aromatic heterocycles. The van der Waals surface area contributed by atoms with Gasteiger partial charge in [-0.3, -0.25) is 0 Å². The number of carbonyl (C=O) groups is 1. The molecule has 0 aliphatic rings. The third-order valence-corrected chi connectivity index (χ3v) is 2.98. The van der Waals surface area contributed by atoms with Crippen molar-refractivity contribution in [1.29, 1.82) is 5.53 Å². The number of aromatic amines is 1. The van der Waals surface area contributed by atoms with Crippen LogP contribution in [-0.2, 0) is 17.6 Å². The van der Waals surface area contributed by atoms with Crippen molar-refractivity contribution >= 4 is 5.97 Å². The van der Waals surface area contributed by atoms with Crippen molar-refractivity contribution in [2.45, 2.75) is 18.4 Å². The summed E-state index contributed by atoms with van der Waals surface area (Å²) in [5.74, 6) is -1.12. The molecule has 0 aliphatic carbocycles. The number of benzene rings is 1. The minimum absolute atomic E-state index is 0.0875. The Labute approximate surface area is 110 Å². The fourth-order valence-corrected chi connectivity index (χ4v) is 1.96. The highest BCUT2D eigenvalue weighted by Gasteiger charge is 2.39. The summed E-state index contributed by atoms with van der Waals surface area (Å²) in [6.07, 6.45) is 3.35. The maximum Gasteiger partial charge on any atom is 0.334 e. The normalized spacial score (nSPS) is 13.7. The van der Waals surface area contributed by atoms with Crippen molar-refractivity contribution in [3.05, 3.63) is 54.1 Å². The van der Waals surface area contributed by atoms with Gasteiger partial charge in [-0.2, -0.15) is 5.11 Å². The van der Waals surface area contributed by atoms with Crippen molar-refractivity contribution in [2.24, 2.45) is 5.11 Å². The van der Waals surface area contributed by atoms with Gasteiger partial charge in [0.25, 0.3) is 0 Å². The van der Waals surface area contributed by atoms with E-state index in [9.17, 15) is 9.90 Å². The van der Waals surface area contributed by atoms with E-state index in [-0.39, 0.29) is 12.8 Å². The number of nitrogens with zero attached hydrogens (tertiary/aromatic N) is 2. The van der Waals surface area contributed by atoms with Gasteiger partial charge in [-0.1, -0.05) is 30.3 Å². The van der Waals surface area contributed by atoms with Gasteiger partial charge in [0, 0.05) is 19.0 Å². The molecule has 1 aromatic carbocycles. The number of H-pyrrole nitrogens is 1. The van der Waals surface area contributed by atoms with Gasteiger partial charge in [0.2, 0.25) is 0 Å². The van der Waals surface area contributed by atoms with Crippen molar-refractivity contribution in [1.82, 2.24) is 9.97 Å². The van der Waals surface area contributed by atoms with Crippen LogP contribution in [0.1, 0.15) is 11.3 Å². The fraction of sp³-hybridized carbons (Fsp3) is 0.231. The lowest BCUT2D eigenvalue weighted by atomic mass is 9.87. The second kappa shape index (κ2) is 5.43. The second-order valence-electron chi connectivity index (χ2n) is 4.35. The van der Waals surface area contributed by atoms with E-state index < -0.39 is 11.5 Å². The van der Waals surface area contributed by atoms with Crippen LogP contribution >= 0.6 is 0 Å². The molecule has 6 nitrogen and oxygen atoms in total. The lowest BCUT2D eigenvalue weighted by Crippen LogP contribution is -2.41. The molecule has 2 aromatic rings. The predicted octanol–water partition coefficient (Wildman–Crippen LogP) is 2.05. The smallest absolute Gasteiger partial charge is 0.334 e. The van der Waals surface area contributed by atoms with Crippen LogP contribution in [-0.4, -0.2) is 26.6 Å². The molecule has 0 aliphatic heterocycles. The Balaban J connectivity index is 2.29. The highest BCUT2D eigenvalue weighted by atomic mass is 16.4. The number of imidazole rings is 1. The first-order valence-electron chi connectivity index (χ1n) is 5.80. The lowest BCUT2D eigenvalue weighted by molar-refractivity contribution is -0.143. The van der Waals surface area contributed by atoms with E-state index in [1.54, 1.807) is 6.20 Å². The van der Waals surface area contributed by atoms with Gasteiger partial charge in [0.15, 0.2) is 5.54 Å². The lowest BCUT2D eigenvalue weighted by Gasteiger charge is -2.22. The number of carboxylic acids is 1. The Hall–Kier alpha value is -2.50. The molecular formula is C13H14N4O2. The first-order chi connectivity index (χ1) is 9.16. The van der Waals surface area contributed by atoms with Gasteiger partial charge in [0.1, 0.15) is 0 Å². The summed E-state index contributed by atoms with van der Waals surface area (Å²) in [5.41, 5.74) is 7.20. The molecule has 0 bridgehead atoms. The van der Waals surface area contributed by atoms with Gasteiger partial charge in [-0.15, -0.1) is 0 Å². The molecule has 0 saturated heterocycles. The van der Waals surface area contributed by atoms with Crippen LogP contribution in [0.2, 0.25) is 0 Å². The monoisotopic (exact) mass is 258 g/mol. The summed E-state index contributed by atoms with van der Waals surface area (Å²) in [6, 6.07) is 9.18. The number of rotatable bonds is 6. The van der Waals surface area contributed by atoms with Crippen molar-refractivity contribution < 1.29 is 9.90 Å². The van der Waals surface area contributed by atoms with Gasteiger partial charge < -0.3 is 10.1 Å². The Morgan fingerprint density at radius 3 is 2.63 bits per heavy atom. The average molecular weight is 258 g/mol. The maximum atomic E-state index is 11.5. The second-order valence-corrected chi connectivity index (χ2v) is 4.35. The molecule has 0 spiro atoms. The van der Waals surface area contributed by atoms with Gasteiger partial charge >= 0.3 is 5.97 Å².